The van der Waals surface area contributed by atoms with Crippen molar-refractivity contribution < 1.29 is 12.8 Å². The topological polar surface area (TPSA) is 72.2 Å². The van der Waals surface area contributed by atoms with Crippen molar-refractivity contribution in [1.82, 2.24) is 0 Å². The number of nitrogen functional groups attached to an aromatic ring is 1. The van der Waals surface area contributed by atoms with Crippen molar-refractivity contribution in [3.63, 3.8) is 0 Å². The molecule has 0 aromatic heterocycles. The lowest BCUT2D eigenvalue weighted by Crippen LogP contribution is -2.07. The van der Waals surface area contributed by atoms with Crippen LogP contribution in [0.4, 0.5) is 15.8 Å². The maximum absolute atomic E-state index is 13.1. The molecular formula is C14H15FN2O2S. The Bertz CT molecular complexity index is 730. The van der Waals surface area contributed by atoms with Crippen LogP contribution in [0.5, 0.6) is 0 Å². The van der Waals surface area contributed by atoms with Gasteiger partial charge in [0.05, 0.1) is 16.3 Å². The van der Waals surface area contributed by atoms with Gasteiger partial charge in [0.25, 0.3) is 0 Å². The molecular weight excluding hydrogens is 279 g/mol. The summed E-state index contributed by atoms with van der Waals surface area (Å²) in [5, 5.41) is 3.01. The van der Waals surface area contributed by atoms with Crippen molar-refractivity contribution in [2.24, 2.45) is 0 Å². The molecule has 106 valence electrons. The number of nitrogens with two attached hydrogens (primary N) is 1. The highest BCUT2D eigenvalue weighted by Gasteiger charge is 2.13. The maximum atomic E-state index is 13.1. The molecule has 0 heterocycles. The summed E-state index contributed by atoms with van der Waals surface area (Å²) in [6, 6.07) is 10.9. The van der Waals surface area contributed by atoms with Crippen molar-refractivity contribution in [3.05, 3.63) is 53.8 Å². The molecule has 0 unspecified atom stereocenters. The van der Waals surface area contributed by atoms with E-state index in [1.165, 1.54) is 18.2 Å². The Morgan fingerprint density at radius 1 is 1.20 bits per heavy atom. The van der Waals surface area contributed by atoms with Crippen LogP contribution < -0.4 is 11.1 Å². The Morgan fingerprint density at radius 2 is 1.90 bits per heavy atom. The average Bonchev–Trinajstić information content (AvgIpc) is 2.36. The van der Waals surface area contributed by atoms with Gasteiger partial charge < -0.3 is 11.1 Å². The second kappa shape index (κ2) is 5.50. The molecule has 0 spiro atoms. The monoisotopic (exact) mass is 294 g/mol. The quantitative estimate of drug-likeness (QED) is 0.849. The summed E-state index contributed by atoms with van der Waals surface area (Å²) in [6.45, 7) is 0.356. The molecule has 0 radical (unpaired) electrons. The predicted molar refractivity (Wildman–Crippen MR) is 77.7 cm³/mol. The summed E-state index contributed by atoms with van der Waals surface area (Å²) >= 11 is 0. The summed E-state index contributed by atoms with van der Waals surface area (Å²) < 4.78 is 36.2. The first kappa shape index (κ1) is 14.3. The average molecular weight is 294 g/mol. The second-order valence-corrected chi connectivity index (χ2v) is 6.46. The zero-order chi connectivity index (χ0) is 14.8. The van der Waals surface area contributed by atoms with Gasteiger partial charge >= 0.3 is 0 Å². The Hall–Kier alpha value is -2.08. The minimum absolute atomic E-state index is 0.0849. The fourth-order valence-corrected chi connectivity index (χ4v) is 2.70. The summed E-state index contributed by atoms with van der Waals surface area (Å²) in [5.74, 6) is -0.317. The molecule has 3 N–H and O–H groups in total. The molecule has 0 saturated heterocycles. The van der Waals surface area contributed by atoms with Crippen LogP contribution in [-0.4, -0.2) is 14.7 Å². The van der Waals surface area contributed by atoms with Crippen LogP contribution in [0.25, 0.3) is 0 Å². The lowest BCUT2D eigenvalue weighted by molar-refractivity contribution is 0.602. The summed E-state index contributed by atoms with van der Waals surface area (Å²) in [6.07, 6.45) is 1.11. The zero-order valence-electron chi connectivity index (χ0n) is 10.9. The Labute approximate surface area is 117 Å². The third-order valence-electron chi connectivity index (χ3n) is 2.84. The first-order chi connectivity index (χ1) is 9.38. The zero-order valence-corrected chi connectivity index (χ0v) is 11.7. The molecule has 6 heteroatoms. The fourth-order valence-electron chi connectivity index (χ4n) is 1.87. The number of nitrogens with one attached hydrogen (secondary N) is 1. The minimum atomic E-state index is -3.37. The number of rotatable bonds is 4. The van der Waals surface area contributed by atoms with Crippen LogP contribution in [0.3, 0.4) is 0 Å². The molecule has 4 nitrogen and oxygen atoms in total. The van der Waals surface area contributed by atoms with Crippen molar-refractivity contribution in [3.8, 4) is 0 Å². The van der Waals surface area contributed by atoms with Gasteiger partial charge in [-0.2, -0.15) is 0 Å². The van der Waals surface area contributed by atoms with Crippen molar-refractivity contribution >= 4 is 21.2 Å². The number of hydrogen-bond acceptors (Lipinski definition) is 4. The Kier molecular flexibility index (Phi) is 3.94. The van der Waals surface area contributed by atoms with Crippen LogP contribution in [0.15, 0.2) is 47.4 Å². The van der Waals surface area contributed by atoms with Gasteiger partial charge in [-0.25, -0.2) is 12.8 Å². The van der Waals surface area contributed by atoms with Gasteiger partial charge in [-0.05, 0) is 29.8 Å². The van der Waals surface area contributed by atoms with Crippen LogP contribution in [0.2, 0.25) is 0 Å². The van der Waals surface area contributed by atoms with Gasteiger partial charge in [0.1, 0.15) is 5.82 Å². The van der Waals surface area contributed by atoms with Gasteiger partial charge in [0, 0.05) is 12.8 Å². The fraction of sp³-hybridized carbons (Fsp3) is 0.143. The van der Waals surface area contributed by atoms with Gasteiger partial charge in [0.15, 0.2) is 9.84 Å². The summed E-state index contributed by atoms with van der Waals surface area (Å²) in [4.78, 5) is 0.0849. The second-order valence-electron chi connectivity index (χ2n) is 4.47. The highest BCUT2D eigenvalue weighted by Crippen LogP contribution is 2.26. The molecule has 0 atom stereocenters. The maximum Gasteiger partial charge on any atom is 0.177 e. The molecule has 2 aromatic rings. The van der Waals surface area contributed by atoms with E-state index < -0.39 is 9.84 Å². The van der Waals surface area contributed by atoms with E-state index in [9.17, 15) is 12.8 Å². The molecule has 0 amide bonds. The van der Waals surface area contributed by atoms with E-state index in [4.69, 9.17) is 5.73 Å². The van der Waals surface area contributed by atoms with Crippen molar-refractivity contribution in [2.75, 3.05) is 17.3 Å². The lowest BCUT2D eigenvalue weighted by atomic mass is 10.2. The number of halogens is 1. The largest absolute Gasteiger partial charge is 0.396 e. The van der Waals surface area contributed by atoms with E-state index in [2.05, 4.69) is 5.32 Å². The number of anilines is 2. The van der Waals surface area contributed by atoms with E-state index in [0.717, 1.165) is 11.8 Å². The van der Waals surface area contributed by atoms with Gasteiger partial charge in [-0.1, -0.05) is 18.2 Å². The molecule has 20 heavy (non-hydrogen) atoms. The van der Waals surface area contributed by atoms with Crippen molar-refractivity contribution in [2.45, 2.75) is 11.4 Å². The van der Waals surface area contributed by atoms with Crippen LogP contribution in [-0.2, 0) is 16.4 Å². The number of sulfone groups is 1. The Balaban J connectivity index is 2.23. The van der Waals surface area contributed by atoms with Crippen LogP contribution in [0, 0.1) is 5.82 Å². The molecule has 2 aromatic carbocycles. The molecule has 0 aliphatic heterocycles. The highest BCUT2D eigenvalue weighted by atomic mass is 32.2. The van der Waals surface area contributed by atoms with Crippen LogP contribution >= 0.6 is 0 Å². The molecule has 0 fully saturated rings. The number of hydrogen-bond donors (Lipinski definition) is 2. The van der Waals surface area contributed by atoms with E-state index >= 15 is 0 Å². The molecule has 0 saturated carbocycles. The summed E-state index contributed by atoms with van der Waals surface area (Å²) in [5.41, 5.74) is 7.28. The highest BCUT2D eigenvalue weighted by molar-refractivity contribution is 7.90. The Morgan fingerprint density at radius 3 is 2.55 bits per heavy atom. The number of benzene rings is 2. The van der Waals surface area contributed by atoms with E-state index in [0.29, 0.717) is 12.2 Å². The minimum Gasteiger partial charge on any atom is -0.396 e. The van der Waals surface area contributed by atoms with Gasteiger partial charge in [0.2, 0.25) is 0 Å². The molecule has 0 bridgehead atoms. The van der Waals surface area contributed by atoms with Gasteiger partial charge in [-0.3, -0.25) is 0 Å². The predicted octanol–water partition coefficient (Wildman–Crippen LogP) is 2.42. The molecule has 0 aliphatic carbocycles. The SMILES string of the molecule is CS(=O)(=O)c1cccc(NCc2cccc(F)c2)c1N. The standard InChI is InChI=1S/C14H15FN2O2S/c1-20(18,19)13-7-3-6-12(14(13)16)17-9-10-4-2-5-11(15)8-10/h2-8,17H,9,16H2,1H3. The summed E-state index contributed by atoms with van der Waals surface area (Å²) in [7, 11) is -3.37. The third-order valence-corrected chi connectivity index (χ3v) is 3.99. The lowest BCUT2D eigenvalue weighted by Gasteiger charge is -2.12. The van der Waals surface area contributed by atoms with Gasteiger partial charge in [-0.15, -0.1) is 0 Å². The molecule has 2 rings (SSSR count). The van der Waals surface area contributed by atoms with E-state index in [1.807, 2.05) is 0 Å². The normalized spacial score (nSPS) is 11.3. The first-order valence-corrected chi connectivity index (χ1v) is 7.84. The third kappa shape index (κ3) is 3.27. The molecule has 0 aliphatic rings. The van der Waals surface area contributed by atoms with Crippen molar-refractivity contribution in [1.29, 1.82) is 0 Å². The van der Waals surface area contributed by atoms with E-state index in [-0.39, 0.29) is 16.4 Å². The first-order valence-electron chi connectivity index (χ1n) is 5.95. The smallest absolute Gasteiger partial charge is 0.177 e. The van der Waals surface area contributed by atoms with Crippen LogP contribution in [0.1, 0.15) is 5.56 Å². The number of para-hydroxylation sites is 1. The van der Waals surface area contributed by atoms with E-state index in [1.54, 1.807) is 24.3 Å².